The molecule has 1 saturated heterocycles. The van der Waals surface area contributed by atoms with Crippen molar-refractivity contribution in [2.24, 2.45) is 5.41 Å². The van der Waals surface area contributed by atoms with Crippen molar-refractivity contribution in [3.63, 3.8) is 0 Å². The smallest absolute Gasteiger partial charge is 0.406 e. The maximum atomic E-state index is 13.2. The number of hydrogen-bond acceptors (Lipinski definition) is 4. The Morgan fingerprint density at radius 2 is 1.77 bits per heavy atom. The van der Waals surface area contributed by atoms with Gasteiger partial charge in [0.2, 0.25) is 0 Å². The van der Waals surface area contributed by atoms with Gasteiger partial charge >= 0.3 is 12.1 Å². The van der Waals surface area contributed by atoms with Crippen molar-refractivity contribution >= 4 is 23.7 Å². The first-order chi connectivity index (χ1) is 12.0. The minimum Gasteiger partial charge on any atom is -0.481 e. The SMILES string of the molecule is CN1C(=O)c2ccc(C(=O)N3CCC(C(=O)O)(C(F)(F)F)C3)cc2C1=O. The third-order valence-electron chi connectivity index (χ3n) is 4.85. The number of fused-ring (bicyclic) bond motifs is 1. The van der Waals surface area contributed by atoms with Gasteiger partial charge in [-0.2, -0.15) is 13.2 Å². The molecule has 7 nitrogen and oxygen atoms in total. The number of carboxylic acid groups (broad SMARTS) is 1. The number of amides is 3. The lowest BCUT2D eigenvalue weighted by atomic mass is 9.86. The second-order valence-corrected chi connectivity index (χ2v) is 6.29. The molecule has 26 heavy (non-hydrogen) atoms. The van der Waals surface area contributed by atoms with Gasteiger partial charge < -0.3 is 10.0 Å². The number of likely N-dealkylation sites (tertiary alicyclic amines) is 1. The van der Waals surface area contributed by atoms with Crippen LogP contribution in [0.2, 0.25) is 0 Å². The Balaban J connectivity index is 1.90. The van der Waals surface area contributed by atoms with E-state index in [0.29, 0.717) is 0 Å². The van der Waals surface area contributed by atoms with Crippen molar-refractivity contribution in [1.82, 2.24) is 9.80 Å². The van der Waals surface area contributed by atoms with Crippen molar-refractivity contribution < 1.29 is 37.5 Å². The zero-order valence-corrected chi connectivity index (χ0v) is 13.5. The molecule has 2 heterocycles. The molecule has 1 fully saturated rings. The summed E-state index contributed by atoms with van der Waals surface area (Å²) in [6, 6.07) is 3.65. The van der Waals surface area contributed by atoms with Gasteiger partial charge in [0.15, 0.2) is 5.41 Å². The number of benzene rings is 1. The second-order valence-electron chi connectivity index (χ2n) is 6.29. The molecule has 138 valence electrons. The monoisotopic (exact) mass is 370 g/mol. The van der Waals surface area contributed by atoms with E-state index in [4.69, 9.17) is 5.11 Å². The summed E-state index contributed by atoms with van der Waals surface area (Å²) in [5.41, 5.74) is -3.00. The molecular weight excluding hydrogens is 357 g/mol. The highest BCUT2D eigenvalue weighted by molar-refractivity contribution is 6.21. The number of hydrogen-bond donors (Lipinski definition) is 1. The van der Waals surface area contributed by atoms with Crippen molar-refractivity contribution in [1.29, 1.82) is 0 Å². The zero-order valence-electron chi connectivity index (χ0n) is 13.5. The van der Waals surface area contributed by atoms with Crippen LogP contribution in [0.5, 0.6) is 0 Å². The highest BCUT2D eigenvalue weighted by Crippen LogP contribution is 2.46. The number of aliphatic carboxylic acids is 1. The maximum Gasteiger partial charge on any atom is 0.406 e. The lowest BCUT2D eigenvalue weighted by Crippen LogP contribution is -2.47. The Morgan fingerprint density at radius 1 is 1.15 bits per heavy atom. The summed E-state index contributed by atoms with van der Waals surface area (Å²) in [5.74, 6) is -4.00. The van der Waals surface area contributed by atoms with Crippen molar-refractivity contribution in [3.05, 3.63) is 34.9 Å². The molecule has 0 aromatic heterocycles. The summed E-state index contributed by atoms with van der Waals surface area (Å²) < 4.78 is 39.6. The normalized spacial score (nSPS) is 22.8. The van der Waals surface area contributed by atoms with Crippen LogP contribution in [0, 0.1) is 5.41 Å². The number of imide groups is 1. The molecule has 3 rings (SSSR count). The molecule has 1 aromatic rings. The van der Waals surface area contributed by atoms with Gasteiger partial charge in [-0.3, -0.25) is 24.1 Å². The van der Waals surface area contributed by atoms with E-state index in [0.717, 1.165) is 15.9 Å². The molecule has 2 aliphatic rings. The van der Waals surface area contributed by atoms with Crippen LogP contribution in [-0.2, 0) is 4.79 Å². The Hall–Kier alpha value is -2.91. The molecule has 1 atom stereocenters. The standard InChI is InChI=1S/C16H13F3N2O5/c1-20-12(23)9-3-2-8(6-10(9)13(20)24)11(22)21-5-4-15(7-21,14(25)26)16(17,18)19/h2-3,6H,4-5,7H2,1H3,(H,25,26). The first kappa shape index (κ1) is 17.9. The molecule has 10 heteroatoms. The van der Waals surface area contributed by atoms with Gasteiger partial charge in [-0.25, -0.2) is 0 Å². The van der Waals surface area contributed by atoms with Crippen LogP contribution in [0.25, 0.3) is 0 Å². The number of nitrogens with zero attached hydrogens (tertiary/aromatic N) is 2. The maximum absolute atomic E-state index is 13.2. The van der Waals surface area contributed by atoms with Gasteiger partial charge in [0.05, 0.1) is 11.1 Å². The van der Waals surface area contributed by atoms with Gasteiger partial charge in [0.1, 0.15) is 0 Å². The fraction of sp³-hybridized carbons (Fsp3) is 0.375. The minimum atomic E-state index is -5.00. The highest BCUT2D eigenvalue weighted by Gasteiger charge is 2.64. The van der Waals surface area contributed by atoms with E-state index in [1.165, 1.54) is 19.2 Å². The third-order valence-corrected chi connectivity index (χ3v) is 4.85. The molecular formula is C16H13F3N2O5. The quantitative estimate of drug-likeness (QED) is 0.794. The lowest BCUT2D eigenvalue weighted by Gasteiger charge is -2.27. The van der Waals surface area contributed by atoms with Gasteiger partial charge in [-0.15, -0.1) is 0 Å². The topological polar surface area (TPSA) is 95.0 Å². The van der Waals surface area contributed by atoms with Crippen molar-refractivity contribution in [2.45, 2.75) is 12.6 Å². The largest absolute Gasteiger partial charge is 0.481 e. The van der Waals surface area contributed by atoms with Crippen LogP contribution >= 0.6 is 0 Å². The summed E-state index contributed by atoms with van der Waals surface area (Å²) in [7, 11) is 1.27. The van der Waals surface area contributed by atoms with Gasteiger partial charge in [0, 0.05) is 25.7 Å². The number of rotatable bonds is 2. The Kier molecular flexibility index (Phi) is 3.82. The second kappa shape index (κ2) is 5.55. The molecule has 0 radical (unpaired) electrons. The van der Waals surface area contributed by atoms with Crippen LogP contribution in [0.1, 0.15) is 37.5 Å². The van der Waals surface area contributed by atoms with Crippen LogP contribution in [-0.4, -0.2) is 64.9 Å². The van der Waals surface area contributed by atoms with Crippen LogP contribution in [0.4, 0.5) is 13.2 Å². The number of carbonyl (C=O) groups excluding carboxylic acids is 3. The van der Waals surface area contributed by atoms with Crippen molar-refractivity contribution in [2.75, 3.05) is 20.1 Å². The van der Waals surface area contributed by atoms with E-state index < -0.39 is 48.2 Å². The molecule has 2 aliphatic heterocycles. The zero-order chi connectivity index (χ0) is 19.4. The molecule has 1 unspecified atom stereocenters. The fourth-order valence-corrected chi connectivity index (χ4v) is 3.19. The predicted octanol–water partition coefficient (Wildman–Crippen LogP) is 1.39. The summed E-state index contributed by atoms with van der Waals surface area (Å²) in [4.78, 5) is 49.2. The summed E-state index contributed by atoms with van der Waals surface area (Å²) in [5, 5.41) is 9.04. The molecule has 3 amide bonds. The number of carbonyl (C=O) groups is 4. The molecule has 1 N–H and O–H groups in total. The van der Waals surface area contributed by atoms with E-state index in [-0.39, 0.29) is 23.2 Å². The van der Waals surface area contributed by atoms with Crippen LogP contribution < -0.4 is 0 Å². The van der Waals surface area contributed by atoms with Crippen LogP contribution in [0.3, 0.4) is 0 Å². The van der Waals surface area contributed by atoms with Gasteiger partial charge in [-0.05, 0) is 24.6 Å². The average Bonchev–Trinajstić information content (AvgIpc) is 3.12. The predicted molar refractivity (Wildman–Crippen MR) is 79.5 cm³/mol. The van der Waals surface area contributed by atoms with Crippen molar-refractivity contribution in [3.8, 4) is 0 Å². The summed E-state index contributed by atoms with van der Waals surface area (Å²) in [6.45, 7) is -1.39. The summed E-state index contributed by atoms with van der Waals surface area (Å²) >= 11 is 0. The number of alkyl halides is 3. The first-order valence-corrected chi connectivity index (χ1v) is 7.55. The molecule has 0 spiro atoms. The first-order valence-electron chi connectivity index (χ1n) is 7.55. The molecule has 0 saturated carbocycles. The fourth-order valence-electron chi connectivity index (χ4n) is 3.19. The Morgan fingerprint density at radius 3 is 2.31 bits per heavy atom. The highest BCUT2D eigenvalue weighted by atomic mass is 19.4. The van der Waals surface area contributed by atoms with E-state index in [1.54, 1.807) is 0 Å². The van der Waals surface area contributed by atoms with Crippen LogP contribution in [0.15, 0.2) is 18.2 Å². The Labute approximate surface area is 145 Å². The molecule has 0 bridgehead atoms. The molecule has 1 aromatic carbocycles. The average molecular weight is 370 g/mol. The van der Waals surface area contributed by atoms with Gasteiger partial charge in [-0.1, -0.05) is 0 Å². The van der Waals surface area contributed by atoms with E-state index >= 15 is 0 Å². The number of carboxylic acids is 1. The van der Waals surface area contributed by atoms with E-state index in [9.17, 15) is 32.3 Å². The summed E-state index contributed by atoms with van der Waals surface area (Å²) in [6.07, 6.45) is -5.75. The van der Waals surface area contributed by atoms with E-state index in [2.05, 4.69) is 0 Å². The molecule has 0 aliphatic carbocycles. The third kappa shape index (κ3) is 2.36. The van der Waals surface area contributed by atoms with E-state index in [1.807, 2.05) is 0 Å². The minimum absolute atomic E-state index is 0.0112. The van der Waals surface area contributed by atoms with Gasteiger partial charge in [0.25, 0.3) is 17.7 Å². The lowest BCUT2D eigenvalue weighted by molar-refractivity contribution is -0.227. The Bertz CT molecular complexity index is 851. The number of halogens is 3.